The van der Waals surface area contributed by atoms with Gasteiger partial charge >= 0.3 is 0 Å². The number of morpholine rings is 1. The lowest BCUT2D eigenvalue weighted by molar-refractivity contribution is -0.0824. The highest BCUT2D eigenvalue weighted by molar-refractivity contribution is 5.85. The lowest BCUT2D eigenvalue weighted by Gasteiger charge is -2.36. The SMILES string of the molecule is Cc1ccc(OCCOCC(O)CN2CC(C)OC(C)C2)cc1C.Cl. The largest absolute Gasteiger partial charge is 0.491 e. The molecule has 0 bridgehead atoms. The molecule has 0 spiro atoms. The maximum atomic E-state index is 10.1. The van der Waals surface area contributed by atoms with E-state index in [4.69, 9.17) is 14.2 Å². The number of halogens is 1. The van der Waals surface area contributed by atoms with Gasteiger partial charge in [-0.2, -0.15) is 0 Å². The number of benzene rings is 1. The van der Waals surface area contributed by atoms with Gasteiger partial charge < -0.3 is 19.3 Å². The van der Waals surface area contributed by atoms with Gasteiger partial charge in [-0.15, -0.1) is 12.4 Å². The molecule has 1 aromatic carbocycles. The first-order valence-corrected chi connectivity index (χ1v) is 8.77. The molecule has 0 radical (unpaired) electrons. The minimum atomic E-state index is -0.482. The van der Waals surface area contributed by atoms with Crippen molar-refractivity contribution in [2.45, 2.75) is 46.0 Å². The quantitative estimate of drug-likeness (QED) is 0.710. The van der Waals surface area contributed by atoms with Crippen LogP contribution in [0.5, 0.6) is 5.75 Å². The van der Waals surface area contributed by atoms with Gasteiger partial charge in [0, 0.05) is 19.6 Å². The van der Waals surface area contributed by atoms with Crippen molar-refractivity contribution in [3.8, 4) is 5.75 Å². The number of aliphatic hydroxyl groups is 1. The van der Waals surface area contributed by atoms with Gasteiger partial charge in [0.1, 0.15) is 12.4 Å². The highest BCUT2D eigenvalue weighted by Gasteiger charge is 2.23. The molecule has 2 rings (SSSR count). The number of hydrogen-bond acceptors (Lipinski definition) is 5. The molecule has 25 heavy (non-hydrogen) atoms. The molecule has 1 heterocycles. The van der Waals surface area contributed by atoms with Crippen molar-refractivity contribution in [1.29, 1.82) is 0 Å². The van der Waals surface area contributed by atoms with Crippen molar-refractivity contribution in [3.05, 3.63) is 29.3 Å². The monoisotopic (exact) mass is 373 g/mol. The van der Waals surface area contributed by atoms with Gasteiger partial charge in [0.15, 0.2) is 0 Å². The maximum Gasteiger partial charge on any atom is 0.119 e. The van der Waals surface area contributed by atoms with Crippen LogP contribution in [-0.2, 0) is 9.47 Å². The maximum absolute atomic E-state index is 10.1. The first kappa shape index (κ1) is 22.2. The van der Waals surface area contributed by atoms with Gasteiger partial charge in [-0.3, -0.25) is 4.90 Å². The third-order valence-corrected chi connectivity index (χ3v) is 4.25. The molecule has 3 atom stereocenters. The van der Waals surface area contributed by atoms with E-state index in [0.717, 1.165) is 18.8 Å². The average Bonchev–Trinajstić information content (AvgIpc) is 2.49. The molecule has 1 N–H and O–H groups in total. The average molecular weight is 374 g/mol. The predicted molar refractivity (Wildman–Crippen MR) is 102 cm³/mol. The normalized spacial score (nSPS) is 22.3. The zero-order chi connectivity index (χ0) is 17.5. The van der Waals surface area contributed by atoms with Crippen LogP contribution in [0.25, 0.3) is 0 Å². The van der Waals surface area contributed by atoms with Crippen LogP contribution >= 0.6 is 12.4 Å². The fourth-order valence-electron chi connectivity index (χ4n) is 3.03. The molecule has 6 heteroatoms. The number of aryl methyl sites for hydroxylation is 2. The van der Waals surface area contributed by atoms with E-state index in [1.54, 1.807) is 0 Å². The molecule has 144 valence electrons. The third-order valence-electron chi connectivity index (χ3n) is 4.25. The summed E-state index contributed by atoms with van der Waals surface area (Å²) in [6, 6.07) is 6.06. The van der Waals surface area contributed by atoms with Crippen LogP contribution in [0.3, 0.4) is 0 Å². The van der Waals surface area contributed by atoms with Crippen LogP contribution in [0.1, 0.15) is 25.0 Å². The van der Waals surface area contributed by atoms with E-state index in [-0.39, 0.29) is 24.6 Å². The summed E-state index contributed by atoms with van der Waals surface area (Å²) in [5.41, 5.74) is 2.48. The van der Waals surface area contributed by atoms with E-state index < -0.39 is 6.10 Å². The zero-order valence-electron chi connectivity index (χ0n) is 15.7. The fourth-order valence-corrected chi connectivity index (χ4v) is 3.03. The van der Waals surface area contributed by atoms with Crippen molar-refractivity contribution in [1.82, 2.24) is 4.90 Å². The summed E-state index contributed by atoms with van der Waals surface area (Å²) in [6.45, 7) is 11.9. The standard InChI is InChI=1S/C19H31NO4.ClH/c1-14-5-6-19(9-15(14)2)23-8-7-22-13-18(21)12-20-10-16(3)24-17(4)11-20;/h5-6,9,16-18,21H,7-8,10-13H2,1-4H3;1H. The van der Waals surface area contributed by atoms with Crippen LogP contribution in [0.2, 0.25) is 0 Å². The third kappa shape index (κ3) is 7.92. The molecule has 0 aromatic heterocycles. The predicted octanol–water partition coefficient (Wildman–Crippen LogP) is 2.59. The second kappa shape index (κ2) is 11.0. The second-order valence-electron chi connectivity index (χ2n) is 6.80. The summed E-state index contributed by atoms with van der Waals surface area (Å²) in [5, 5.41) is 10.1. The Morgan fingerprint density at radius 2 is 1.84 bits per heavy atom. The summed E-state index contributed by atoms with van der Waals surface area (Å²) in [7, 11) is 0. The summed E-state index contributed by atoms with van der Waals surface area (Å²) >= 11 is 0. The number of nitrogens with zero attached hydrogens (tertiary/aromatic N) is 1. The van der Waals surface area contributed by atoms with E-state index in [1.165, 1.54) is 11.1 Å². The summed E-state index contributed by atoms with van der Waals surface area (Å²) < 4.78 is 16.9. The Balaban J connectivity index is 0.00000312. The fraction of sp³-hybridized carbons (Fsp3) is 0.684. The Morgan fingerprint density at radius 3 is 2.48 bits per heavy atom. The van der Waals surface area contributed by atoms with Crippen LogP contribution in [0.15, 0.2) is 18.2 Å². The molecular formula is C19H32ClNO4. The number of rotatable bonds is 8. The molecule has 0 aliphatic carbocycles. The van der Waals surface area contributed by atoms with E-state index in [1.807, 2.05) is 12.1 Å². The molecule has 1 aromatic rings. The van der Waals surface area contributed by atoms with Crippen molar-refractivity contribution >= 4 is 12.4 Å². The van der Waals surface area contributed by atoms with Gasteiger partial charge in [0.05, 0.1) is 31.5 Å². The van der Waals surface area contributed by atoms with Crippen LogP contribution < -0.4 is 4.74 Å². The Hall–Kier alpha value is -0.850. The van der Waals surface area contributed by atoms with Crippen molar-refractivity contribution in [2.24, 2.45) is 0 Å². The Bertz CT molecular complexity index is 504. The molecular weight excluding hydrogens is 342 g/mol. The molecule has 1 fully saturated rings. The minimum absolute atomic E-state index is 0. The molecule has 5 nitrogen and oxygen atoms in total. The summed E-state index contributed by atoms with van der Waals surface area (Å²) in [5.74, 6) is 0.860. The van der Waals surface area contributed by atoms with E-state index >= 15 is 0 Å². The zero-order valence-corrected chi connectivity index (χ0v) is 16.6. The molecule has 3 unspecified atom stereocenters. The molecule has 1 saturated heterocycles. The Labute approximate surface area is 157 Å². The highest BCUT2D eigenvalue weighted by Crippen LogP contribution is 2.16. The van der Waals surface area contributed by atoms with Crippen LogP contribution in [0.4, 0.5) is 0 Å². The number of ether oxygens (including phenoxy) is 3. The van der Waals surface area contributed by atoms with Crippen LogP contribution in [0, 0.1) is 13.8 Å². The smallest absolute Gasteiger partial charge is 0.119 e. The van der Waals surface area contributed by atoms with Crippen molar-refractivity contribution < 1.29 is 19.3 Å². The van der Waals surface area contributed by atoms with Gasteiger partial charge in [-0.05, 0) is 51.0 Å². The number of hydrogen-bond donors (Lipinski definition) is 1. The van der Waals surface area contributed by atoms with Gasteiger partial charge in [0.2, 0.25) is 0 Å². The Kier molecular flexibility index (Phi) is 9.75. The van der Waals surface area contributed by atoms with E-state index in [0.29, 0.717) is 26.4 Å². The lowest BCUT2D eigenvalue weighted by atomic mass is 10.1. The van der Waals surface area contributed by atoms with E-state index in [2.05, 4.69) is 38.7 Å². The minimum Gasteiger partial charge on any atom is -0.491 e. The van der Waals surface area contributed by atoms with E-state index in [9.17, 15) is 5.11 Å². The number of β-amino-alcohol motifs (C(OH)–C–C–N with tert-alkyl or cyclic N) is 1. The molecule has 0 amide bonds. The molecule has 0 saturated carbocycles. The first-order chi connectivity index (χ1) is 11.4. The molecule has 1 aliphatic heterocycles. The van der Waals surface area contributed by atoms with Crippen molar-refractivity contribution in [3.63, 3.8) is 0 Å². The van der Waals surface area contributed by atoms with Crippen molar-refractivity contribution in [2.75, 3.05) is 39.5 Å². The highest BCUT2D eigenvalue weighted by atomic mass is 35.5. The molecule has 1 aliphatic rings. The second-order valence-corrected chi connectivity index (χ2v) is 6.80. The van der Waals surface area contributed by atoms with Gasteiger partial charge in [-0.25, -0.2) is 0 Å². The lowest BCUT2D eigenvalue weighted by Crippen LogP contribution is -2.48. The topological polar surface area (TPSA) is 51.2 Å². The summed E-state index contributed by atoms with van der Waals surface area (Å²) in [4.78, 5) is 2.23. The Morgan fingerprint density at radius 1 is 1.16 bits per heavy atom. The number of aliphatic hydroxyl groups excluding tert-OH is 1. The summed E-state index contributed by atoms with van der Waals surface area (Å²) in [6.07, 6.45) is -0.0504. The van der Waals surface area contributed by atoms with Gasteiger partial charge in [-0.1, -0.05) is 6.07 Å². The van der Waals surface area contributed by atoms with Crippen LogP contribution in [-0.4, -0.2) is 67.8 Å². The van der Waals surface area contributed by atoms with Gasteiger partial charge in [0.25, 0.3) is 0 Å². The first-order valence-electron chi connectivity index (χ1n) is 8.77.